The molecule has 402 valence electrons. The van der Waals surface area contributed by atoms with Gasteiger partial charge in [-0.15, -0.1) is 0 Å². The maximum absolute atomic E-state index is 15.3. The minimum atomic E-state index is -1.42. The van der Waals surface area contributed by atoms with Crippen LogP contribution in [0.4, 0.5) is 4.79 Å². The lowest BCUT2D eigenvalue weighted by molar-refractivity contribution is -0.143. The van der Waals surface area contributed by atoms with E-state index in [4.69, 9.17) is 20.9 Å². The number of para-hydroxylation sites is 1. The van der Waals surface area contributed by atoms with Gasteiger partial charge < -0.3 is 62.7 Å². The Labute approximate surface area is 446 Å². The molecular formula is C58H66N10O9. The minimum Gasteiger partial charge on any atom is -0.489 e. The number of ether oxygens (including phenoxy) is 2. The summed E-state index contributed by atoms with van der Waals surface area (Å²) in [6.45, 7) is 0.617. The van der Waals surface area contributed by atoms with Crippen molar-refractivity contribution in [3.63, 3.8) is 0 Å². The van der Waals surface area contributed by atoms with Crippen LogP contribution < -0.4 is 48.1 Å². The third-order valence-electron chi connectivity index (χ3n) is 13.7. The van der Waals surface area contributed by atoms with Crippen LogP contribution in [0.15, 0.2) is 146 Å². The lowest BCUT2D eigenvalue weighted by atomic mass is 9.99. The Morgan fingerprint density at radius 2 is 1.17 bits per heavy atom. The molecule has 0 radical (unpaired) electrons. The molecular weight excluding hydrogens is 981 g/mol. The van der Waals surface area contributed by atoms with Gasteiger partial charge in [0.25, 0.3) is 0 Å². The average molecular weight is 1050 g/mol. The highest BCUT2D eigenvalue weighted by molar-refractivity contribution is 5.99. The number of aromatic amines is 1. The predicted molar refractivity (Wildman–Crippen MR) is 288 cm³/mol. The number of nitrogens with two attached hydrogens (primary N) is 2. The van der Waals surface area contributed by atoms with E-state index in [2.05, 4.69) is 36.9 Å². The summed E-state index contributed by atoms with van der Waals surface area (Å²) in [5.74, 6) is -3.76. The lowest BCUT2D eigenvalue weighted by Crippen LogP contribution is -2.61. The molecule has 2 aliphatic rings. The number of hydrogen-bond acceptors (Lipinski definition) is 11. The average Bonchev–Trinajstić information content (AvgIpc) is 4.08. The van der Waals surface area contributed by atoms with Gasteiger partial charge in [0.05, 0.1) is 6.54 Å². The summed E-state index contributed by atoms with van der Waals surface area (Å²) in [5, 5.41) is 17.9. The highest BCUT2D eigenvalue weighted by Crippen LogP contribution is 2.26. The summed E-state index contributed by atoms with van der Waals surface area (Å²) in [4.78, 5) is 107. The number of hydrogen-bond donors (Lipinski definition) is 9. The van der Waals surface area contributed by atoms with Crippen LogP contribution in [0.1, 0.15) is 59.5 Å². The predicted octanol–water partition coefficient (Wildman–Crippen LogP) is 3.37. The third kappa shape index (κ3) is 14.9. The van der Waals surface area contributed by atoms with Crippen LogP contribution in [0.25, 0.3) is 10.9 Å². The van der Waals surface area contributed by atoms with E-state index in [-0.39, 0.29) is 51.7 Å². The monoisotopic (exact) mass is 1050 g/mol. The van der Waals surface area contributed by atoms with Crippen molar-refractivity contribution in [1.82, 2.24) is 41.8 Å². The third-order valence-corrected chi connectivity index (χ3v) is 13.7. The molecule has 19 heteroatoms. The molecule has 0 spiro atoms. The number of nitrogens with zero attached hydrogens (tertiary/aromatic N) is 1. The van der Waals surface area contributed by atoms with Crippen LogP contribution >= 0.6 is 0 Å². The van der Waals surface area contributed by atoms with E-state index >= 15 is 9.59 Å². The maximum atomic E-state index is 15.3. The van der Waals surface area contributed by atoms with Gasteiger partial charge >= 0.3 is 6.09 Å². The van der Waals surface area contributed by atoms with Gasteiger partial charge in [-0.25, -0.2) is 4.79 Å². The van der Waals surface area contributed by atoms with Gasteiger partial charge in [-0.1, -0.05) is 121 Å². The van der Waals surface area contributed by atoms with Crippen molar-refractivity contribution in [2.24, 2.45) is 11.5 Å². The van der Waals surface area contributed by atoms with Crippen molar-refractivity contribution >= 4 is 52.4 Å². The summed E-state index contributed by atoms with van der Waals surface area (Å²) in [6, 6.07) is 33.6. The van der Waals surface area contributed by atoms with Gasteiger partial charge in [0.15, 0.2) is 0 Å². The molecule has 2 aliphatic heterocycles. The summed E-state index contributed by atoms with van der Waals surface area (Å²) >= 11 is 0. The van der Waals surface area contributed by atoms with Crippen LogP contribution in [0.2, 0.25) is 0 Å². The zero-order valence-corrected chi connectivity index (χ0v) is 42.7. The molecule has 77 heavy (non-hydrogen) atoms. The highest BCUT2D eigenvalue weighted by Gasteiger charge is 2.45. The molecule has 19 nitrogen and oxygen atoms in total. The fourth-order valence-corrected chi connectivity index (χ4v) is 9.65. The number of benzene rings is 5. The lowest BCUT2D eigenvalue weighted by Gasteiger charge is -2.32. The smallest absolute Gasteiger partial charge is 0.407 e. The Balaban J connectivity index is 1.19. The number of fused-ring (bicyclic) bond motifs is 2. The number of rotatable bonds is 17. The summed E-state index contributed by atoms with van der Waals surface area (Å²) < 4.78 is 11.8. The van der Waals surface area contributed by atoms with E-state index in [1.165, 1.54) is 4.90 Å². The topological polar surface area (TPSA) is 281 Å². The Kier molecular flexibility index (Phi) is 19.0. The Hall–Kier alpha value is -8.55. The van der Waals surface area contributed by atoms with Crippen molar-refractivity contribution in [3.05, 3.63) is 174 Å². The molecule has 1 aromatic heterocycles. The van der Waals surface area contributed by atoms with Crippen LogP contribution in [-0.4, -0.2) is 114 Å². The van der Waals surface area contributed by atoms with Gasteiger partial charge in [-0.3, -0.25) is 28.8 Å². The molecule has 0 saturated carbocycles. The molecule has 5 unspecified atom stereocenters. The van der Waals surface area contributed by atoms with Crippen molar-refractivity contribution in [1.29, 1.82) is 0 Å². The number of amides is 7. The van der Waals surface area contributed by atoms with Crippen LogP contribution in [0.3, 0.4) is 0 Å². The first-order chi connectivity index (χ1) is 37.5. The molecule has 7 atom stereocenters. The summed E-state index contributed by atoms with van der Waals surface area (Å²) in [5.41, 5.74) is 15.7. The van der Waals surface area contributed by atoms with Crippen molar-refractivity contribution in [2.75, 3.05) is 26.2 Å². The second-order valence-corrected chi connectivity index (χ2v) is 19.2. The fraction of sp³-hybridized carbons (Fsp3) is 0.328. The van der Waals surface area contributed by atoms with Gasteiger partial charge in [-0.2, -0.15) is 0 Å². The number of aromatic nitrogens is 1. The Morgan fingerprint density at radius 1 is 0.584 bits per heavy atom. The highest BCUT2D eigenvalue weighted by atomic mass is 16.6. The SMILES string of the molecule is NCCCCC1NC(=O)[C@@H](Cc2c[nH]c3ccccc23)NC(=O)C(c2ccccc2)NC(=O)C2C[C@@H](OC(=O)NCCN)CN2C(=O)C(Cc2ccccc2)NC(=O)C(Cc2ccc(OCc3ccccc3)cc2)NC1=O. The summed E-state index contributed by atoms with van der Waals surface area (Å²) in [6.07, 6.45) is 0.652. The fourth-order valence-electron chi connectivity index (χ4n) is 9.65. The van der Waals surface area contributed by atoms with E-state index in [9.17, 15) is 24.0 Å². The molecule has 5 aromatic carbocycles. The first-order valence-electron chi connectivity index (χ1n) is 26.0. The van der Waals surface area contributed by atoms with Gasteiger partial charge in [-0.05, 0) is 71.8 Å². The van der Waals surface area contributed by atoms with Gasteiger partial charge in [0, 0.05) is 55.9 Å². The van der Waals surface area contributed by atoms with Gasteiger partial charge in [0.1, 0.15) is 54.7 Å². The second kappa shape index (κ2) is 26.8. The Morgan fingerprint density at radius 3 is 1.87 bits per heavy atom. The quantitative estimate of drug-likeness (QED) is 0.0598. The van der Waals surface area contributed by atoms with E-state index < -0.39 is 83.9 Å². The molecule has 2 fully saturated rings. The second-order valence-electron chi connectivity index (χ2n) is 19.2. The zero-order valence-electron chi connectivity index (χ0n) is 42.7. The largest absolute Gasteiger partial charge is 0.489 e. The standard InChI is InChI=1S/C58H66N10O9/c59-27-13-12-22-46-52(69)64-47(30-38-23-25-42(26-24-38)76-36-39-16-6-2-7-17-39)53(70)66-49(31-37-14-4-1-5-15-37)57(74)68-35-43(77-58(75)61-29-28-60)33-50(68)55(72)67-51(40-18-8-3-9-19-40)56(73)65-48(54(71)63-46)32-41-34-62-45-21-11-10-20-44(41)45/h1-11,14-21,23-26,34,43,46-51,62H,12-13,22,27-33,35-36,59-60H2,(H,61,75)(H,63,71)(H,64,69)(H,65,73)(H,66,70)(H,67,72)/t43-,46?,47?,48-,49?,50?,51?/m1/s1. The first-order valence-corrected chi connectivity index (χ1v) is 26.0. The van der Waals surface area contributed by atoms with Crippen molar-refractivity contribution in [3.8, 4) is 5.75 Å². The number of alkyl carbamates (subject to hydrolysis) is 1. The zero-order chi connectivity index (χ0) is 54.1. The van der Waals surface area contributed by atoms with Crippen LogP contribution in [-0.2, 0) is 59.4 Å². The van der Waals surface area contributed by atoms with E-state index in [1.54, 1.807) is 85.1 Å². The van der Waals surface area contributed by atoms with E-state index in [0.717, 1.165) is 16.5 Å². The molecule has 3 heterocycles. The molecule has 11 N–H and O–H groups in total. The molecule has 0 bridgehead atoms. The van der Waals surface area contributed by atoms with Gasteiger partial charge in [0.2, 0.25) is 35.4 Å². The van der Waals surface area contributed by atoms with Crippen LogP contribution in [0.5, 0.6) is 5.75 Å². The number of nitrogens with one attached hydrogen (secondary N) is 7. The molecule has 0 aliphatic carbocycles. The van der Waals surface area contributed by atoms with E-state index in [1.807, 2.05) is 60.7 Å². The minimum absolute atomic E-state index is 0.0385. The van der Waals surface area contributed by atoms with E-state index in [0.29, 0.717) is 54.0 Å². The Bertz CT molecular complexity index is 2960. The molecule has 8 rings (SSSR count). The maximum Gasteiger partial charge on any atom is 0.407 e. The molecule has 7 amide bonds. The first kappa shape index (κ1) is 54.7. The normalized spacial score (nSPS) is 21.6. The van der Waals surface area contributed by atoms with Crippen molar-refractivity contribution < 1.29 is 43.0 Å². The number of H-pyrrole nitrogens is 1. The number of unbranched alkanes of at least 4 members (excludes halogenated alkanes) is 1. The van der Waals surface area contributed by atoms with Crippen molar-refractivity contribution in [2.45, 2.75) is 93.9 Å². The molecule has 2 saturated heterocycles. The number of carbonyl (C=O) groups excluding carboxylic acids is 7. The van der Waals surface area contributed by atoms with Crippen LogP contribution in [0, 0.1) is 0 Å². The molecule has 6 aromatic rings. The number of carbonyl (C=O) groups is 7. The summed E-state index contributed by atoms with van der Waals surface area (Å²) in [7, 11) is 0.